The van der Waals surface area contributed by atoms with E-state index in [1.165, 1.54) is 69.0 Å². The van der Waals surface area contributed by atoms with Gasteiger partial charge in [-0.2, -0.15) is 0 Å². The Morgan fingerprint density at radius 3 is 2.40 bits per heavy atom. The summed E-state index contributed by atoms with van der Waals surface area (Å²) in [6.07, 6.45) is 20.4. The number of H-pyrrole nitrogens is 2. The SMILES string of the molecule is CCCCCCCCCCCc1ccc(/C=C2\C=C(Cl)C(c3cc(CC)c[nH]3)=N2)[nH]1. The summed E-state index contributed by atoms with van der Waals surface area (Å²) in [7, 11) is 0. The lowest BCUT2D eigenvalue weighted by Gasteiger charge is -2.01. The van der Waals surface area contributed by atoms with Gasteiger partial charge in [0.05, 0.1) is 16.4 Å². The van der Waals surface area contributed by atoms with Crippen LogP contribution in [0.15, 0.2) is 46.2 Å². The zero-order chi connectivity index (χ0) is 21.2. The van der Waals surface area contributed by atoms with Crippen LogP contribution in [0.1, 0.15) is 94.3 Å². The molecule has 3 rings (SSSR count). The Balaban J connectivity index is 1.44. The Labute approximate surface area is 186 Å². The highest BCUT2D eigenvalue weighted by Crippen LogP contribution is 2.25. The van der Waals surface area contributed by atoms with E-state index < -0.39 is 0 Å². The molecule has 2 aromatic heterocycles. The van der Waals surface area contributed by atoms with E-state index in [2.05, 4.69) is 48.1 Å². The molecule has 0 atom stereocenters. The minimum Gasteiger partial charge on any atom is -0.360 e. The molecule has 1 aliphatic heterocycles. The normalized spacial score (nSPS) is 15.1. The van der Waals surface area contributed by atoms with Gasteiger partial charge in [0.2, 0.25) is 0 Å². The third-order valence-electron chi connectivity index (χ3n) is 5.77. The van der Waals surface area contributed by atoms with Crippen LogP contribution < -0.4 is 0 Å². The first-order valence-corrected chi connectivity index (χ1v) is 12.1. The third kappa shape index (κ3) is 6.77. The molecule has 30 heavy (non-hydrogen) atoms. The van der Waals surface area contributed by atoms with Gasteiger partial charge in [-0.25, -0.2) is 4.99 Å². The summed E-state index contributed by atoms with van der Waals surface area (Å²) in [5.41, 5.74) is 6.35. The van der Waals surface area contributed by atoms with E-state index in [1.54, 1.807) is 0 Å². The lowest BCUT2D eigenvalue weighted by Crippen LogP contribution is -1.97. The minimum atomic E-state index is 0.687. The molecule has 162 valence electrons. The van der Waals surface area contributed by atoms with Gasteiger partial charge in [0, 0.05) is 17.6 Å². The van der Waals surface area contributed by atoms with Crippen molar-refractivity contribution in [3.05, 3.63) is 63.8 Å². The van der Waals surface area contributed by atoms with Crippen molar-refractivity contribution in [1.82, 2.24) is 9.97 Å². The van der Waals surface area contributed by atoms with Crippen LogP contribution >= 0.6 is 11.6 Å². The first-order valence-electron chi connectivity index (χ1n) is 11.7. The van der Waals surface area contributed by atoms with Crippen molar-refractivity contribution in [2.45, 2.75) is 84.5 Å². The lowest BCUT2D eigenvalue weighted by atomic mass is 10.1. The Hall–Kier alpha value is -2.00. The van der Waals surface area contributed by atoms with Crippen LogP contribution in [0.5, 0.6) is 0 Å². The molecule has 3 heterocycles. The Morgan fingerprint density at radius 1 is 0.967 bits per heavy atom. The average Bonchev–Trinajstić information content (AvgIpc) is 3.47. The molecule has 0 saturated carbocycles. The summed E-state index contributed by atoms with van der Waals surface area (Å²) in [4.78, 5) is 11.5. The van der Waals surface area contributed by atoms with Gasteiger partial charge in [0.1, 0.15) is 5.71 Å². The Morgan fingerprint density at radius 2 is 1.70 bits per heavy atom. The highest BCUT2D eigenvalue weighted by Gasteiger charge is 2.17. The van der Waals surface area contributed by atoms with Crippen LogP contribution in [0.4, 0.5) is 0 Å². The van der Waals surface area contributed by atoms with E-state index in [9.17, 15) is 0 Å². The lowest BCUT2D eigenvalue weighted by molar-refractivity contribution is 0.564. The second-order valence-electron chi connectivity index (χ2n) is 8.31. The molecular formula is C26H36ClN3. The van der Waals surface area contributed by atoms with Crippen LogP contribution in [0.2, 0.25) is 0 Å². The predicted octanol–water partition coefficient (Wildman–Crippen LogP) is 7.95. The number of halogens is 1. The highest BCUT2D eigenvalue weighted by molar-refractivity contribution is 6.47. The van der Waals surface area contributed by atoms with Crippen molar-refractivity contribution in [3.8, 4) is 0 Å². The maximum atomic E-state index is 6.44. The molecule has 4 heteroatoms. The number of hydrogen-bond donors (Lipinski definition) is 2. The molecule has 0 saturated heterocycles. The van der Waals surface area contributed by atoms with Gasteiger partial charge in [0.15, 0.2) is 0 Å². The largest absolute Gasteiger partial charge is 0.360 e. The number of rotatable bonds is 13. The van der Waals surface area contributed by atoms with E-state index in [4.69, 9.17) is 16.6 Å². The van der Waals surface area contributed by atoms with Crippen molar-refractivity contribution in [2.75, 3.05) is 0 Å². The molecule has 2 aromatic rings. The van der Waals surface area contributed by atoms with E-state index in [1.807, 2.05) is 12.3 Å². The van der Waals surface area contributed by atoms with Crippen LogP contribution in [0.25, 0.3) is 6.08 Å². The van der Waals surface area contributed by atoms with Gasteiger partial charge in [-0.3, -0.25) is 0 Å². The average molecular weight is 426 g/mol. The summed E-state index contributed by atoms with van der Waals surface area (Å²) in [6.45, 7) is 4.42. The summed E-state index contributed by atoms with van der Waals surface area (Å²) in [6, 6.07) is 6.45. The van der Waals surface area contributed by atoms with Crippen LogP contribution in [-0.4, -0.2) is 15.7 Å². The fourth-order valence-electron chi connectivity index (χ4n) is 3.93. The number of aryl methyl sites for hydroxylation is 2. The molecular weight excluding hydrogens is 390 g/mol. The molecule has 0 bridgehead atoms. The topological polar surface area (TPSA) is 43.9 Å². The van der Waals surface area contributed by atoms with Gasteiger partial charge < -0.3 is 9.97 Å². The Kier molecular flexibility index (Phi) is 9.07. The van der Waals surface area contributed by atoms with E-state index in [0.717, 1.165) is 35.6 Å². The van der Waals surface area contributed by atoms with Gasteiger partial charge in [-0.15, -0.1) is 0 Å². The van der Waals surface area contributed by atoms with Crippen molar-refractivity contribution < 1.29 is 0 Å². The van der Waals surface area contributed by atoms with Gasteiger partial charge in [-0.05, 0) is 55.2 Å². The molecule has 0 aromatic carbocycles. The maximum Gasteiger partial charge on any atom is 0.106 e. The molecule has 0 unspecified atom stereocenters. The second kappa shape index (κ2) is 12.0. The summed E-state index contributed by atoms with van der Waals surface area (Å²) in [5, 5.41) is 0.687. The van der Waals surface area contributed by atoms with Gasteiger partial charge in [-0.1, -0.05) is 76.8 Å². The third-order valence-corrected chi connectivity index (χ3v) is 6.06. The highest BCUT2D eigenvalue weighted by atomic mass is 35.5. The van der Waals surface area contributed by atoms with Crippen molar-refractivity contribution >= 4 is 23.4 Å². The second-order valence-corrected chi connectivity index (χ2v) is 8.72. The fourth-order valence-corrected chi connectivity index (χ4v) is 4.19. The van der Waals surface area contributed by atoms with Gasteiger partial charge in [0.25, 0.3) is 0 Å². The molecule has 0 fully saturated rings. The molecule has 0 aliphatic carbocycles. The van der Waals surface area contributed by atoms with E-state index in [0.29, 0.717) is 5.03 Å². The van der Waals surface area contributed by atoms with Crippen LogP contribution in [0, 0.1) is 0 Å². The van der Waals surface area contributed by atoms with Gasteiger partial charge >= 0.3 is 0 Å². The zero-order valence-electron chi connectivity index (χ0n) is 18.6. The van der Waals surface area contributed by atoms with Crippen LogP contribution in [0.3, 0.4) is 0 Å². The van der Waals surface area contributed by atoms with Crippen molar-refractivity contribution in [1.29, 1.82) is 0 Å². The smallest absolute Gasteiger partial charge is 0.106 e. The molecule has 0 radical (unpaired) electrons. The van der Waals surface area contributed by atoms with Crippen molar-refractivity contribution in [3.63, 3.8) is 0 Å². The zero-order valence-corrected chi connectivity index (χ0v) is 19.3. The first kappa shape index (κ1) is 22.7. The first-order chi connectivity index (χ1) is 14.7. The quantitative estimate of drug-likeness (QED) is 0.306. The number of allylic oxidation sites excluding steroid dienone is 2. The number of hydrogen-bond acceptors (Lipinski definition) is 1. The Bertz CT molecular complexity index is 882. The maximum absolute atomic E-state index is 6.44. The number of aromatic nitrogens is 2. The standard InChI is InChI=1S/C26H36ClN3/c1-3-5-6-7-8-9-10-11-12-13-21-14-15-22(29-21)17-23-18-24(27)26(30-23)25-16-20(4-2)19-28-25/h14-19,28-29H,3-13H2,1-2H3/b23-17+. The molecule has 0 spiro atoms. The molecule has 3 nitrogen and oxygen atoms in total. The number of nitrogens with zero attached hydrogens (tertiary/aromatic N) is 1. The van der Waals surface area contributed by atoms with Crippen molar-refractivity contribution in [2.24, 2.45) is 4.99 Å². The summed E-state index contributed by atoms with van der Waals surface area (Å²) >= 11 is 6.44. The predicted molar refractivity (Wildman–Crippen MR) is 130 cm³/mol. The molecule has 1 aliphatic rings. The minimum absolute atomic E-state index is 0.687. The number of aromatic amines is 2. The van der Waals surface area contributed by atoms with E-state index in [-0.39, 0.29) is 0 Å². The number of unbranched alkanes of at least 4 members (excludes halogenated alkanes) is 8. The van der Waals surface area contributed by atoms with E-state index >= 15 is 0 Å². The monoisotopic (exact) mass is 425 g/mol. The fraction of sp³-hybridized carbons (Fsp3) is 0.500. The molecule has 0 amide bonds. The summed E-state index contributed by atoms with van der Waals surface area (Å²) < 4.78 is 0. The number of aliphatic imine (C=N–C) groups is 1. The van der Waals surface area contributed by atoms with Crippen LogP contribution in [-0.2, 0) is 12.8 Å². The summed E-state index contributed by atoms with van der Waals surface area (Å²) in [5.74, 6) is 0. The number of nitrogens with one attached hydrogen (secondary N) is 2. The molecule has 2 N–H and O–H groups in total.